The third kappa shape index (κ3) is 2.13. The number of aromatic nitrogens is 4. The molecule has 3 aromatic rings. The van der Waals surface area contributed by atoms with E-state index in [1.165, 1.54) is 6.07 Å². The average molecular weight is 273 g/mol. The summed E-state index contributed by atoms with van der Waals surface area (Å²) >= 11 is 0. The van der Waals surface area contributed by atoms with Crippen molar-refractivity contribution >= 4 is 16.8 Å². The number of halogens is 1. The Balaban J connectivity index is 1.80. The maximum atomic E-state index is 13.5. The summed E-state index contributed by atoms with van der Waals surface area (Å²) in [4.78, 5) is 12.1. The van der Waals surface area contributed by atoms with E-state index < -0.39 is 5.82 Å². The average Bonchev–Trinajstić information content (AvgIpc) is 3.03. The van der Waals surface area contributed by atoms with Crippen LogP contribution in [0.2, 0.25) is 0 Å². The molecule has 0 atom stereocenters. The molecule has 0 aliphatic heterocycles. The van der Waals surface area contributed by atoms with Crippen LogP contribution in [0.1, 0.15) is 16.1 Å². The molecule has 3 rings (SSSR count). The zero-order valence-electron chi connectivity index (χ0n) is 10.7. The van der Waals surface area contributed by atoms with Gasteiger partial charge in [-0.2, -0.15) is 10.2 Å². The normalized spacial score (nSPS) is 10.9. The Bertz CT molecular complexity index is 776. The zero-order chi connectivity index (χ0) is 14.1. The van der Waals surface area contributed by atoms with Crippen molar-refractivity contribution in [2.75, 3.05) is 0 Å². The Morgan fingerprint density at radius 2 is 2.35 bits per heavy atom. The number of aromatic amines is 1. The van der Waals surface area contributed by atoms with Gasteiger partial charge in [-0.15, -0.1) is 0 Å². The third-order valence-corrected chi connectivity index (χ3v) is 2.97. The number of benzene rings is 1. The number of carbonyl (C=O) groups is 1. The summed E-state index contributed by atoms with van der Waals surface area (Å²) in [7, 11) is 1.80. The van der Waals surface area contributed by atoms with Crippen molar-refractivity contribution in [2.45, 2.75) is 6.54 Å². The minimum absolute atomic E-state index is 0.166. The van der Waals surface area contributed by atoms with Crippen LogP contribution in [0.25, 0.3) is 10.9 Å². The molecule has 7 heteroatoms. The van der Waals surface area contributed by atoms with Crippen LogP contribution in [0.3, 0.4) is 0 Å². The number of fused-ring (bicyclic) bond motifs is 1. The Morgan fingerprint density at radius 1 is 1.50 bits per heavy atom. The molecular weight excluding hydrogens is 261 g/mol. The number of para-hydroxylation sites is 1. The fourth-order valence-electron chi connectivity index (χ4n) is 2.01. The van der Waals surface area contributed by atoms with Crippen molar-refractivity contribution in [3.05, 3.63) is 47.7 Å². The molecule has 0 saturated heterocycles. The van der Waals surface area contributed by atoms with Crippen LogP contribution >= 0.6 is 0 Å². The van der Waals surface area contributed by atoms with Gasteiger partial charge in [0.05, 0.1) is 6.20 Å². The van der Waals surface area contributed by atoms with Gasteiger partial charge < -0.3 is 5.32 Å². The summed E-state index contributed by atoms with van der Waals surface area (Å²) in [6.07, 6.45) is 3.48. The number of carbonyl (C=O) groups excluding carboxylic acids is 1. The van der Waals surface area contributed by atoms with Gasteiger partial charge in [0.25, 0.3) is 5.91 Å². The number of nitrogens with zero attached hydrogens (tertiary/aromatic N) is 3. The predicted molar refractivity (Wildman–Crippen MR) is 70.4 cm³/mol. The highest BCUT2D eigenvalue weighted by atomic mass is 19.1. The predicted octanol–water partition coefficient (Wildman–Crippen LogP) is 1.37. The lowest BCUT2D eigenvalue weighted by atomic mass is 10.2. The number of amides is 1. The van der Waals surface area contributed by atoms with Gasteiger partial charge in [-0.25, -0.2) is 4.39 Å². The first-order valence-corrected chi connectivity index (χ1v) is 6.03. The molecule has 2 aromatic heterocycles. The maximum Gasteiger partial charge on any atom is 0.270 e. The molecule has 6 nitrogen and oxygen atoms in total. The van der Waals surface area contributed by atoms with Gasteiger partial charge in [0.2, 0.25) is 0 Å². The van der Waals surface area contributed by atoms with E-state index in [0.29, 0.717) is 11.9 Å². The number of nitrogens with one attached hydrogen (secondary N) is 2. The van der Waals surface area contributed by atoms with Gasteiger partial charge in [0.1, 0.15) is 11.2 Å². The molecule has 2 N–H and O–H groups in total. The van der Waals surface area contributed by atoms with Gasteiger partial charge in [0.15, 0.2) is 5.82 Å². The molecule has 0 aliphatic rings. The molecule has 2 heterocycles. The first-order valence-electron chi connectivity index (χ1n) is 6.03. The van der Waals surface area contributed by atoms with E-state index in [4.69, 9.17) is 0 Å². The quantitative estimate of drug-likeness (QED) is 0.756. The lowest BCUT2D eigenvalue weighted by molar-refractivity contribution is 0.0947. The first-order chi connectivity index (χ1) is 9.65. The summed E-state index contributed by atoms with van der Waals surface area (Å²) in [5.74, 6) is -0.785. The second kappa shape index (κ2) is 4.76. The van der Waals surface area contributed by atoms with Crippen LogP contribution in [0.15, 0.2) is 30.6 Å². The number of hydrogen-bond donors (Lipinski definition) is 2. The molecule has 1 amide bonds. The molecule has 20 heavy (non-hydrogen) atoms. The number of hydrogen-bond acceptors (Lipinski definition) is 3. The highest BCUT2D eigenvalue weighted by molar-refractivity contribution is 6.04. The topological polar surface area (TPSA) is 75.6 Å². The van der Waals surface area contributed by atoms with Gasteiger partial charge in [0, 0.05) is 30.7 Å². The van der Waals surface area contributed by atoms with Crippen LogP contribution in [-0.4, -0.2) is 25.9 Å². The summed E-state index contributed by atoms with van der Waals surface area (Å²) in [5.41, 5.74) is 1.30. The lowest BCUT2D eigenvalue weighted by Crippen LogP contribution is -2.23. The standard InChI is InChI=1S/C13H12FN5O/c1-19-7-8(6-16-19)5-15-13(20)12-9-3-2-4-10(14)11(9)17-18-12/h2-4,6-7H,5H2,1H3,(H,15,20)(H,17,18). The Morgan fingerprint density at radius 3 is 3.10 bits per heavy atom. The monoisotopic (exact) mass is 273 g/mol. The van der Waals surface area contributed by atoms with Gasteiger partial charge in [-0.05, 0) is 6.07 Å². The molecular formula is C13H12FN5O. The van der Waals surface area contributed by atoms with Gasteiger partial charge >= 0.3 is 0 Å². The van der Waals surface area contributed by atoms with Gasteiger partial charge in [-0.1, -0.05) is 12.1 Å². The number of aryl methyl sites for hydroxylation is 1. The molecule has 0 saturated carbocycles. The van der Waals surface area contributed by atoms with Crippen molar-refractivity contribution < 1.29 is 9.18 Å². The van der Waals surface area contributed by atoms with Crippen LogP contribution in [0, 0.1) is 5.82 Å². The van der Waals surface area contributed by atoms with E-state index in [1.807, 2.05) is 6.20 Å². The van der Waals surface area contributed by atoms with Crippen LogP contribution < -0.4 is 5.32 Å². The highest BCUT2D eigenvalue weighted by Crippen LogP contribution is 2.18. The van der Waals surface area contributed by atoms with E-state index in [1.54, 1.807) is 30.1 Å². The number of H-pyrrole nitrogens is 1. The van der Waals surface area contributed by atoms with Crippen LogP contribution in [-0.2, 0) is 13.6 Å². The Labute approximate surface area is 113 Å². The number of rotatable bonds is 3. The fourth-order valence-corrected chi connectivity index (χ4v) is 2.01. The van der Waals surface area contributed by atoms with E-state index in [-0.39, 0.29) is 17.1 Å². The summed E-state index contributed by atoms with van der Waals surface area (Å²) in [6, 6.07) is 4.51. The third-order valence-electron chi connectivity index (χ3n) is 2.97. The SMILES string of the molecule is Cn1cc(CNC(=O)c2[nH]nc3c(F)cccc23)cn1. The molecule has 0 fully saturated rings. The Kier molecular flexibility index (Phi) is 2.94. The van der Waals surface area contributed by atoms with Crippen molar-refractivity contribution in [1.29, 1.82) is 0 Å². The smallest absolute Gasteiger partial charge is 0.270 e. The largest absolute Gasteiger partial charge is 0.347 e. The van der Waals surface area contributed by atoms with E-state index in [2.05, 4.69) is 20.6 Å². The van der Waals surface area contributed by atoms with E-state index in [9.17, 15) is 9.18 Å². The summed E-state index contributed by atoms with van der Waals surface area (Å²) in [6.45, 7) is 0.350. The second-order valence-electron chi connectivity index (χ2n) is 4.44. The summed E-state index contributed by atoms with van der Waals surface area (Å²) in [5, 5.41) is 13.6. The highest BCUT2D eigenvalue weighted by Gasteiger charge is 2.15. The maximum absolute atomic E-state index is 13.5. The fraction of sp³-hybridized carbons (Fsp3) is 0.154. The van der Waals surface area contributed by atoms with Gasteiger partial charge in [-0.3, -0.25) is 14.6 Å². The Hall–Kier alpha value is -2.70. The van der Waals surface area contributed by atoms with E-state index >= 15 is 0 Å². The van der Waals surface area contributed by atoms with Crippen molar-refractivity contribution in [3.8, 4) is 0 Å². The molecule has 0 bridgehead atoms. The molecule has 0 unspecified atom stereocenters. The summed E-state index contributed by atoms with van der Waals surface area (Å²) < 4.78 is 15.1. The van der Waals surface area contributed by atoms with Crippen molar-refractivity contribution in [3.63, 3.8) is 0 Å². The van der Waals surface area contributed by atoms with E-state index in [0.717, 1.165) is 5.56 Å². The van der Waals surface area contributed by atoms with Crippen molar-refractivity contribution in [2.24, 2.45) is 7.05 Å². The lowest BCUT2D eigenvalue weighted by Gasteiger charge is -2.01. The molecule has 0 spiro atoms. The zero-order valence-corrected chi connectivity index (χ0v) is 10.7. The molecule has 0 aliphatic carbocycles. The van der Waals surface area contributed by atoms with Crippen LogP contribution in [0.5, 0.6) is 0 Å². The first kappa shape index (κ1) is 12.3. The minimum Gasteiger partial charge on any atom is -0.347 e. The molecule has 0 radical (unpaired) electrons. The van der Waals surface area contributed by atoms with Crippen LogP contribution in [0.4, 0.5) is 4.39 Å². The molecule has 1 aromatic carbocycles. The molecule has 102 valence electrons. The van der Waals surface area contributed by atoms with Crippen molar-refractivity contribution in [1.82, 2.24) is 25.3 Å². The minimum atomic E-state index is -0.454. The second-order valence-corrected chi connectivity index (χ2v) is 4.44.